The Morgan fingerprint density at radius 1 is 1.47 bits per heavy atom. The number of hydrogen-bond donors (Lipinski definition) is 2. The summed E-state index contributed by atoms with van der Waals surface area (Å²) in [5.41, 5.74) is 7.45. The molecule has 0 aliphatic heterocycles. The van der Waals surface area contributed by atoms with Gasteiger partial charge in [-0.05, 0) is 36.6 Å². The van der Waals surface area contributed by atoms with Crippen molar-refractivity contribution in [1.29, 1.82) is 0 Å². The molecule has 0 aliphatic carbocycles. The van der Waals surface area contributed by atoms with Gasteiger partial charge in [0.2, 0.25) is 0 Å². The van der Waals surface area contributed by atoms with Crippen LogP contribution in [-0.4, -0.2) is 30.2 Å². The van der Waals surface area contributed by atoms with Crippen molar-refractivity contribution in [3.8, 4) is 0 Å². The number of methoxy groups -OCH3 is 1. The van der Waals surface area contributed by atoms with Gasteiger partial charge in [-0.2, -0.15) is 0 Å². The summed E-state index contributed by atoms with van der Waals surface area (Å²) in [5.74, 6) is -1.51. The number of aromatic carboxylic acids is 1. The highest BCUT2D eigenvalue weighted by Gasteiger charge is 2.16. The van der Waals surface area contributed by atoms with Gasteiger partial charge in [-0.25, -0.2) is 4.79 Å². The molecule has 1 aromatic rings. The van der Waals surface area contributed by atoms with E-state index in [1.54, 1.807) is 6.07 Å². The van der Waals surface area contributed by atoms with E-state index in [1.807, 2.05) is 6.92 Å². The van der Waals surface area contributed by atoms with Crippen molar-refractivity contribution in [2.75, 3.05) is 7.11 Å². The van der Waals surface area contributed by atoms with E-state index >= 15 is 0 Å². The molecule has 0 saturated heterocycles. The van der Waals surface area contributed by atoms with Gasteiger partial charge in [0.15, 0.2) is 0 Å². The van der Waals surface area contributed by atoms with Crippen molar-refractivity contribution in [3.63, 3.8) is 0 Å². The highest BCUT2D eigenvalue weighted by Crippen LogP contribution is 2.13. The third kappa shape index (κ3) is 3.29. The van der Waals surface area contributed by atoms with Gasteiger partial charge in [-0.1, -0.05) is 6.07 Å². The van der Waals surface area contributed by atoms with Crippen molar-refractivity contribution in [2.24, 2.45) is 5.73 Å². The minimum atomic E-state index is -1.00. The Kier molecular flexibility index (Phi) is 4.23. The standard InChI is InChI=1S/C12H15NO4/c1-7-3-4-8(11(14)15)5-9(7)6-10(13)12(16)17-2/h3-5,10H,6,13H2,1-2H3,(H,14,15)/t10-/m1/s1. The number of esters is 1. The van der Waals surface area contributed by atoms with Gasteiger partial charge in [0.25, 0.3) is 0 Å². The van der Waals surface area contributed by atoms with E-state index in [0.29, 0.717) is 0 Å². The Morgan fingerprint density at radius 2 is 2.12 bits per heavy atom. The van der Waals surface area contributed by atoms with Crippen LogP contribution >= 0.6 is 0 Å². The molecule has 0 bridgehead atoms. The topological polar surface area (TPSA) is 89.6 Å². The first kappa shape index (κ1) is 13.2. The summed E-state index contributed by atoms with van der Waals surface area (Å²) in [6.07, 6.45) is 0.264. The van der Waals surface area contributed by atoms with Gasteiger partial charge < -0.3 is 15.6 Å². The van der Waals surface area contributed by atoms with Crippen LogP contribution in [0.3, 0.4) is 0 Å². The highest BCUT2D eigenvalue weighted by atomic mass is 16.5. The van der Waals surface area contributed by atoms with E-state index in [1.165, 1.54) is 19.2 Å². The number of hydrogen-bond acceptors (Lipinski definition) is 4. The quantitative estimate of drug-likeness (QED) is 0.754. The first-order valence-corrected chi connectivity index (χ1v) is 5.12. The average molecular weight is 237 g/mol. The van der Waals surface area contributed by atoms with E-state index in [0.717, 1.165) is 11.1 Å². The largest absolute Gasteiger partial charge is 0.478 e. The Hall–Kier alpha value is -1.88. The molecule has 1 rings (SSSR count). The fourth-order valence-corrected chi connectivity index (χ4v) is 1.50. The van der Waals surface area contributed by atoms with Crippen molar-refractivity contribution in [1.82, 2.24) is 0 Å². The molecule has 1 aromatic carbocycles. The van der Waals surface area contributed by atoms with Gasteiger partial charge in [-0.3, -0.25) is 4.79 Å². The van der Waals surface area contributed by atoms with E-state index < -0.39 is 18.0 Å². The monoisotopic (exact) mass is 237 g/mol. The lowest BCUT2D eigenvalue weighted by atomic mass is 9.99. The summed E-state index contributed by atoms with van der Waals surface area (Å²) in [6.45, 7) is 1.84. The van der Waals surface area contributed by atoms with Crippen molar-refractivity contribution in [3.05, 3.63) is 34.9 Å². The third-order valence-corrected chi connectivity index (χ3v) is 2.54. The molecule has 0 unspecified atom stereocenters. The minimum Gasteiger partial charge on any atom is -0.478 e. The summed E-state index contributed by atoms with van der Waals surface area (Å²) in [7, 11) is 1.27. The maximum absolute atomic E-state index is 11.2. The molecular weight excluding hydrogens is 222 g/mol. The van der Waals surface area contributed by atoms with Gasteiger partial charge in [-0.15, -0.1) is 0 Å². The van der Waals surface area contributed by atoms with Crippen LogP contribution in [0.15, 0.2) is 18.2 Å². The number of nitrogens with two attached hydrogens (primary N) is 1. The fourth-order valence-electron chi connectivity index (χ4n) is 1.50. The molecule has 5 nitrogen and oxygen atoms in total. The van der Waals surface area contributed by atoms with Gasteiger partial charge in [0.1, 0.15) is 6.04 Å². The number of ether oxygens (including phenoxy) is 1. The lowest BCUT2D eigenvalue weighted by Gasteiger charge is -2.11. The Bertz CT molecular complexity index is 442. The fraction of sp³-hybridized carbons (Fsp3) is 0.333. The zero-order valence-corrected chi connectivity index (χ0v) is 9.77. The highest BCUT2D eigenvalue weighted by molar-refractivity contribution is 5.88. The van der Waals surface area contributed by atoms with Gasteiger partial charge >= 0.3 is 11.9 Å². The first-order valence-electron chi connectivity index (χ1n) is 5.12. The van der Waals surface area contributed by atoms with E-state index in [-0.39, 0.29) is 12.0 Å². The van der Waals surface area contributed by atoms with Crippen LogP contribution in [0.5, 0.6) is 0 Å². The normalized spacial score (nSPS) is 11.9. The molecule has 0 aliphatic rings. The average Bonchev–Trinajstić information content (AvgIpc) is 2.30. The third-order valence-electron chi connectivity index (χ3n) is 2.54. The van der Waals surface area contributed by atoms with E-state index in [2.05, 4.69) is 4.74 Å². The molecule has 3 N–H and O–H groups in total. The molecule has 0 radical (unpaired) electrons. The number of carboxylic acids is 1. The molecule has 0 amide bonds. The zero-order chi connectivity index (χ0) is 13.0. The second-order valence-electron chi connectivity index (χ2n) is 3.78. The Balaban J connectivity index is 2.93. The van der Waals surface area contributed by atoms with Crippen LogP contribution in [0.4, 0.5) is 0 Å². The lowest BCUT2D eigenvalue weighted by Crippen LogP contribution is -2.33. The molecule has 0 spiro atoms. The Morgan fingerprint density at radius 3 is 2.65 bits per heavy atom. The minimum absolute atomic E-state index is 0.183. The molecule has 0 saturated carbocycles. The second kappa shape index (κ2) is 5.45. The molecule has 92 valence electrons. The first-order chi connectivity index (χ1) is 7.95. The van der Waals surface area contributed by atoms with E-state index in [9.17, 15) is 9.59 Å². The maximum Gasteiger partial charge on any atom is 0.335 e. The van der Waals surface area contributed by atoms with Gasteiger partial charge in [0, 0.05) is 0 Å². The molecule has 1 atom stereocenters. The number of benzene rings is 1. The number of carboxylic acid groups (broad SMARTS) is 1. The smallest absolute Gasteiger partial charge is 0.335 e. The van der Waals surface area contributed by atoms with Crippen LogP contribution in [0.25, 0.3) is 0 Å². The summed E-state index contributed by atoms with van der Waals surface area (Å²) in [6, 6.07) is 3.97. The van der Waals surface area contributed by atoms with Crippen molar-refractivity contribution in [2.45, 2.75) is 19.4 Å². The van der Waals surface area contributed by atoms with Crippen molar-refractivity contribution < 1.29 is 19.4 Å². The van der Waals surface area contributed by atoms with Crippen LogP contribution < -0.4 is 5.73 Å². The molecular formula is C12H15NO4. The summed E-state index contributed by atoms with van der Waals surface area (Å²) in [4.78, 5) is 22.0. The summed E-state index contributed by atoms with van der Waals surface area (Å²) >= 11 is 0. The predicted molar refractivity (Wildman–Crippen MR) is 61.8 cm³/mol. The second-order valence-corrected chi connectivity index (χ2v) is 3.78. The predicted octanol–water partition coefficient (Wildman–Crippen LogP) is 0.736. The van der Waals surface area contributed by atoms with Crippen LogP contribution in [0, 0.1) is 6.92 Å². The number of rotatable bonds is 4. The number of carbonyl (C=O) groups excluding carboxylic acids is 1. The van der Waals surface area contributed by atoms with E-state index in [4.69, 9.17) is 10.8 Å². The SMILES string of the molecule is COC(=O)[C@H](N)Cc1cc(C(=O)O)ccc1C. The van der Waals surface area contributed by atoms with Crippen molar-refractivity contribution >= 4 is 11.9 Å². The lowest BCUT2D eigenvalue weighted by molar-refractivity contribution is -0.142. The Labute approximate surface area is 99.2 Å². The van der Waals surface area contributed by atoms with Gasteiger partial charge in [0.05, 0.1) is 12.7 Å². The molecule has 0 aromatic heterocycles. The zero-order valence-electron chi connectivity index (χ0n) is 9.77. The molecule has 0 fully saturated rings. The van der Waals surface area contributed by atoms with Crippen LogP contribution in [-0.2, 0) is 16.0 Å². The van der Waals surface area contributed by atoms with Crippen LogP contribution in [0.1, 0.15) is 21.5 Å². The number of aryl methyl sites for hydroxylation is 1. The van der Waals surface area contributed by atoms with Crippen LogP contribution in [0.2, 0.25) is 0 Å². The maximum atomic E-state index is 11.2. The molecule has 5 heteroatoms. The summed E-state index contributed by atoms with van der Waals surface area (Å²) in [5, 5.41) is 8.87. The molecule has 17 heavy (non-hydrogen) atoms. The number of carbonyl (C=O) groups is 2. The summed E-state index contributed by atoms with van der Waals surface area (Å²) < 4.78 is 4.52. The molecule has 0 heterocycles.